The van der Waals surface area contributed by atoms with Crippen molar-refractivity contribution < 1.29 is 9.53 Å². The van der Waals surface area contributed by atoms with Crippen molar-refractivity contribution >= 4 is 17.5 Å². The van der Waals surface area contributed by atoms with Crippen molar-refractivity contribution in [2.24, 2.45) is 0 Å². The number of hydrogen-bond donors (Lipinski definition) is 1. The van der Waals surface area contributed by atoms with E-state index in [4.69, 9.17) is 16.3 Å². The number of ether oxygens (including phenoxy) is 1. The number of rotatable bonds is 4. The van der Waals surface area contributed by atoms with Gasteiger partial charge in [0.25, 0.3) is 0 Å². The molecule has 1 aromatic carbocycles. The molecular formula is C17H20ClNO2. The first-order chi connectivity index (χ1) is 10.2. The molecule has 1 aliphatic heterocycles. The van der Waals surface area contributed by atoms with Crippen LogP contribution in [-0.4, -0.2) is 19.1 Å². The Morgan fingerprint density at radius 1 is 1.24 bits per heavy atom. The topological polar surface area (TPSA) is 38.3 Å². The molecule has 0 spiro atoms. The molecule has 0 aromatic heterocycles. The molecule has 21 heavy (non-hydrogen) atoms. The van der Waals surface area contributed by atoms with E-state index in [1.54, 1.807) is 12.2 Å². The van der Waals surface area contributed by atoms with Crippen LogP contribution in [0, 0.1) is 0 Å². The minimum Gasteiger partial charge on any atom is -0.381 e. The van der Waals surface area contributed by atoms with Crippen LogP contribution in [0.25, 0.3) is 0 Å². The quantitative estimate of drug-likeness (QED) is 0.682. The summed E-state index contributed by atoms with van der Waals surface area (Å²) in [6.07, 6.45) is 8.53. The molecule has 2 rings (SSSR count). The molecule has 0 atom stereocenters. The van der Waals surface area contributed by atoms with E-state index in [1.807, 2.05) is 43.3 Å². The molecule has 1 saturated heterocycles. The average molecular weight is 306 g/mol. The van der Waals surface area contributed by atoms with Crippen molar-refractivity contribution in [3.63, 3.8) is 0 Å². The Kier molecular flexibility index (Phi) is 5.59. The fourth-order valence-electron chi connectivity index (χ4n) is 2.51. The molecule has 1 aliphatic rings. The monoisotopic (exact) mass is 305 g/mol. The van der Waals surface area contributed by atoms with Gasteiger partial charge in [0.05, 0.1) is 5.54 Å². The SMILES string of the molecule is C/C=C/C=C/C(=O)NC1(c2ccc(Cl)cc2)CCOCC1. The molecule has 0 bridgehead atoms. The highest BCUT2D eigenvalue weighted by molar-refractivity contribution is 6.30. The van der Waals surface area contributed by atoms with Gasteiger partial charge in [0.15, 0.2) is 0 Å². The molecule has 1 fully saturated rings. The van der Waals surface area contributed by atoms with Gasteiger partial charge in [-0.15, -0.1) is 0 Å². The normalized spacial score (nSPS) is 18.2. The van der Waals surface area contributed by atoms with Crippen LogP contribution in [0.2, 0.25) is 5.02 Å². The minimum absolute atomic E-state index is 0.0926. The number of nitrogens with one attached hydrogen (secondary N) is 1. The van der Waals surface area contributed by atoms with Gasteiger partial charge in [0, 0.05) is 24.3 Å². The second-order valence-electron chi connectivity index (χ2n) is 5.08. The van der Waals surface area contributed by atoms with E-state index in [2.05, 4.69) is 5.32 Å². The van der Waals surface area contributed by atoms with Crippen LogP contribution in [0.4, 0.5) is 0 Å². The molecule has 1 amide bonds. The zero-order valence-corrected chi connectivity index (χ0v) is 12.9. The van der Waals surface area contributed by atoms with Crippen LogP contribution < -0.4 is 5.32 Å². The largest absolute Gasteiger partial charge is 0.381 e. The number of hydrogen-bond acceptors (Lipinski definition) is 2. The summed E-state index contributed by atoms with van der Waals surface area (Å²) >= 11 is 5.96. The summed E-state index contributed by atoms with van der Waals surface area (Å²) < 4.78 is 5.44. The summed E-state index contributed by atoms with van der Waals surface area (Å²) in [5.41, 5.74) is 0.697. The fourth-order valence-corrected chi connectivity index (χ4v) is 2.63. The van der Waals surface area contributed by atoms with Crippen LogP contribution in [-0.2, 0) is 15.1 Å². The Hall–Kier alpha value is -1.58. The van der Waals surface area contributed by atoms with Gasteiger partial charge >= 0.3 is 0 Å². The van der Waals surface area contributed by atoms with E-state index in [1.165, 1.54) is 0 Å². The molecule has 0 radical (unpaired) electrons. The molecule has 1 heterocycles. The van der Waals surface area contributed by atoms with Crippen LogP contribution in [0.15, 0.2) is 48.6 Å². The Morgan fingerprint density at radius 3 is 2.52 bits per heavy atom. The summed E-state index contributed by atoms with van der Waals surface area (Å²) in [5.74, 6) is -0.0926. The van der Waals surface area contributed by atoms with E-state index in [0.29, 0.717) is 18.2 Å². The number of benzene rings is 1. The van der Waals surface area contributed by atoms with Crippen molar-refractivity contribution in [1.82, 2.24) is 5.32 Å². The molecule has 0 aliphatic carbocycles. The molecule has 0 unspecified atom stereocenters. The maximum Gasteiger partial charge on any atom is 0.244 e. The highest BCUT2D eigenvalue weighted by atomic mass is 35.5. The number of allylic oxidation sites excluding steroid dienone is 3. The zero-order chi connectivity index (χ0) is 15.1. The lowest BCUT2D eigenvalue weighted by Crippen LogP contribution is -2.49. The zero-order valence-electron chi connectivity index (χ0n) is 12.1. The van der Waals surface area contributed by atoms with Crippen LogP contribution in [0.1, 0.15) is 25.3 Å². The second kappa shape index (κ2) is 7.43. The first kappa shape index (κ1) is 15.8. The van der Waals surface area contributed by atoms with Gasteiger partial charge in [-0.3, -0.25) is 4.79 Å². The van der Waals surface area contributed by atoms with Crippen molar-refractivity contribution in [2.75, 3.05) is 13.2 Å². The van der Waals surface area contributed by atoms with Crippen molar-refractivity contribution in [3.8, 4) is 0 Å². The van der Waals surface area contributed by atoms with Crippen LogP contribution in [0.5, 0.6) is 0 Å². The van der Waals surface area contributed by atoms with Gasteiger partial charge in [0.2, 0.25) is 5.91 Å². The van der Waals surface area contributed by atoms with Gasteiger partial charge in [0.1, 0.15) is 0 Å². The number of carbonyl (C=O) groups excluding carboxylic acids is 1. The fraction of sp³-hybridized carbons (Fsp3) is 0.353. The standard InChI is InChI=1S/C17H20ClNO2/c1-2-3-4-5-16(20)19-17(10-12-21-13-11-17)14-6-8-15(18)9-7-14/h2-9H,10-13H2,1H3,(H,19,20)/b3-2+,5-4+. The third-order valence-electron chi connectivity index (χ3n) is 3.66. The molecule has 1 aromatic rings. The lowest BCUT2D eigenvalue weighted by molar-refractivity contribution is -0.119. The lowest BCUT2D eigenvalue weighted by Gasteiger charge is -2.38. The second-order valence-corrected chi connectivity index (χ2v) is 5.51. The van der Waals surface area contributed by atoms with E-state index in [-0.39, 0.29) is 11.4 Å². The Labute approximate surface area is 130 Å². The summed E-state index contributed by atoms with van der Waals surface area (Å²) in [6, 6.07) is 7.67. The van der Waals surface area contributed by atoms with Crippen LogP contribution >= 0.6 is 11.6 Å². The van der Waals surface area contributed by atoms with Gasteiger partial charge in [-0.05, 0) is 37.5 Å². The highest BCUT2D eigenvalue weighted by Gasteiger charge is 2.35. The summed E-state index contributed by atoms with van der Waals surface area (Å²) in [4.78, 5) is 12.1. The van der Waals surface area contributed by atoms with Gasteiger partial charge < -0.3 is 10.1 Å². The number of halogens is 1. The Morgan fingerprint density at radius 2 is 1.90 bits per heavy atom. The first-order valence-corrected chi connectivity index (χ1v) is 7.49. The van der Waals surface area contributed by atoms with E-state index < -0.39 is 0 Å². The number of carbonyl (C=O) groups is 1. The Bertz CT molecular complexity index is 528. The summed E-state index contributed by atoms with van der Waals surface area (Å²) in [7, 11) is 0. The summed E-state index contributed by atoms with van der Waals surface area (Å²) in [6.45, 7) is 3.19. The minimum atomic E-state index is -0.375. The maximum absolute atomic E-state index is 12.1. The molecular weight excluding hydrogens is 286 g/mol. The molecule has 3 nitrogen and oxygen atoms in total. The predicted octanol–water partition coefficient (Wildman–Crippen LogP) is 3.59. The molecule has 1 N–H and O–H groups in total. The number of amides is 1. The molecule has 112 valence electrons. The average Bonchev–Trinajstić information content (AvgIpc) is 2.49. The molecule has 0 saturated carbocycles. The summed E-state index contributed by atoms with van der Waals surface area (Å²) in [5, 5.41) is 3.84. The smallest absolute Gasteiger partial charge is 0.244 e. The highest BCUT2D eigenvalue weighted by Crippen LogP contribution is 2.32. The lowest BCUT2D eigenvalue weighted by atomic mass is 9.82. The van der Waals surface area contributed by atoms with Gasteiger partial charge in [-0.25, -0.2) is 0 Å². The molecule has 4 heteroatoms. The van der Waals surface area contributed by atoms with Crippen molar-refractivity contribution in [2.45, 2.75) is 25.3 Å². The Balaban J connectivity index is 2.21. The predicted molar refractivity (Wildman–Crippen MR) is 85.3 cm³/mol. The van der Waals surface area contributed by atoms with Crippen molar-refractivity contribution in [3.05, 3.63) is 59.2 Å². The third-order valence-corrected chi connectivity index (χ3v) is 3.91. The van der Waals surface area contributed by atoms with E-state index in [0.717, 1.165) is 18.4 Å². The first-order valence-electron chi connectivity index (χ1n) is 7.11. The van der Waals surface area contributed by atoms with E-state index >= 15 is 0 Å². The van der Waals surface area contributed by atoms with Crippen molar-refractivity contribution in [1.29, 1.82) is 0 Å². The third kappa shape index (κ3) is 4.19. The van der Waals surface area contributed by atoms with Crippen LogP contribution in [0.3, 0.4) is 0 Å². The van der Waals surface area contributed by atoms with Gasteiger partial charge in [-0.1, -0.05) is 42.0 Å². The van der Waals surface area contributed by atoms with Gasteiger partial charge in [-0.2, -0.15) is 0 Å². The maximum atomic E-state index is 12.1. The van der Waals surface area contributed by atoms with E-state index in [9.17, 15) is 4.79 Å².